The van der Waals surface area contributed by atoms with Gasteiger partial charge >= 0.3 is 5.82 Å². The van der Waals surface area contributed by atoms with Gasteiger partial charge in [0.25, 0.3) is 0 Å². The van der Waals surface area contributed by atoms with Gasteiger partial charge in [0.05, 0.1) is 24.5 Å². The summed E-state index contributed by atoms with van der Waals surface area (Å²) in [7, 11) is 0. The molecule has 0 aliphatic carbocycles. The largest absolute Gasteiger partial charge is 1.00 e. The van der Waals surface area contributed by atoms with Gasteiger partial charge in [0.2, 0.25) is 0 Å². The summed E-state index contributed by atoms with van der Waals surface area (Å²) in [6.07, 6.45) is 4.24. The molecule has 0 radical (unpaired) electrons. The zero-order valence-corrected chi connectivity index (χ0v) is 15.4. The predicted octanol–water partition coefficient (Wildman–Crippen LogP) is -1.83. The second kappa shape index (κ2) is 12.0. The second-order valence-electron chi connectivity index (χ2n) is 5.12. The van der Waals surface area contributed by atoms with Crippen LogP contribution >= 0.6 is 0 Å². The minimum absolute atomic E-state index is 0. The van der Waals surface area contributed by atoms with E-state index in [0.29, 0.717) is 36.7 Å². The number of rotatable bonds is 7. The van der Waals surface area contributed by atoms with Crippen molar-refractivity contribution in [2.45, 2.75) is 26.4 Å². The monoisotopic (exact) mass is 378 g/mol. The molecule has 0 unspecified atom stereocenters. The van der Waals surface area contributed by atoms with Gasteiger partial charge < -0.3 is 27.2 Å². The highest BCUT2D eigenvalue weighted by Crippen LogP contribution is 2.05. The summed E-state index contributed by atoms with van der Waals surface area (Å²) in [5.74, 6) is 1.12. The van der Waals surface area contributed by atoms with Crippen LogP contribution in [0.1, 0.15) is 13.3 Å². The Morgan fingerprint density at radius 2 is 1.92 bits per heavy atom. The normalized spacial score (nSPS) is 12.4. The van der Waals surface area contributed by atoms with Gasteiger partial charge in [-0.15, -0.1) is 10.2 Å². The van der Waals surface area contributed by atoms with Gasteiger partial charge in [-0.1, -0.05) is 19.1 Å². The average Bonchev–Trinajstić information content (AvgIpc) is 2.64. The van der Waals surface area contributed by atoms with Gasteiger partial charge in [-0.05, 0) is 23.3 Å². The molecule has 0 fully saturated rings. The minimum atomic E-state index is 0. The standard InChI is InChI=1S/C17H23N6O2.ClH/c1-2-15(18-20-16-7-3-5-9-22(16)11-13-24)19-21-17-8-4-6-10-23(17)12-14-25;/h3-10,24-25H,2,11-14H2,1H3;1H/q+1;/p-1. The van der Waals surface area contributed by atoms with E-state index < -0.39 is 0 Å². The molecule has 0 saturated heterocycles. The molecule has 140 valence electrons. The van der Waals surface area contributed by atoms with Crippen molar-refractivity contribution < 1.29 is 27.2 Å². The quantitative estimate of drug-likeness (QED) is 0.195. The van der Waals surface area contributed by atoms with E-state index in [2.05, 4.69) is 20.4 Å². The summed E-state index contributed by atoms with van der Waals surface area (Å²) in [5.41, 5.74) is 0.632. The van der Waals surface area contributed by atoms with E-state index >= 15 is 0 Å². The molecule has 2 N–H and O–H groups in total. The number of hydrogen-bond donors (Lipinski definition) is 2. The fourth-order valence-electron chi connectivity index (χ4n) is 2.09. The minimum Gasteiger partial charge on any atom is -1.00 e. The maximum Gasteiger partial charge on any atom is 0.350 e. The lowest BCUT2D eigenvalue weighted by Gasteiger charge is -2.02. The molecule has 26 heavy (non-hydrogen) atoms. The van der Waals surface area contributed by atoms with E-state index in [1.807, 2.05) is 55.7 Å². The molecule has 0 amide bonds. The summed E-state index contributed by atoms with van der Waals surface area (Å²) >= 11 is 0. The van der Waals surface area contributed by atoms with E-state index in [0.717, 1.165) is 0 Å². The molecule has 9 heteroatoms. The Hall–Kier alpha value is -2.42. The van der Waals surface area contributed by atoms with Gasteiger partial charge in [-0.25, -0.2) is 4.57 Å². The number of aromatic nitrogens is 2. The lowest BCUT2D eigenvalue weighted by molar-refractivity contribution is -0.685. The van der Waals surface area contributed by atoms with Crippen molar-refractivity contribution in [3.05, 3.63) is 54.3 Å². The molecule has 2 aromatic rings. The smallest absolute Gasteiger partial charge is 0.350 e. The Balaban J connectivity index is 0.00000338. The number of amidine groups is 1. The van der Waals surface area contributed by atoms with E-state index in [4.69, 9.17) is 10.2 Å². The molecule has 0 aromatic carbocycles. The van der Waals surface area contributed by atoms with Crippen LogP contribution in [-0.2, 0) is 13.1 Å². The van der Waals surface area contributed by atoms with Crippen molar-refractivity contribution >= 4 is 11.7 Å². The van der Waals surface area contributed by atoms with E-state index in [1.54, 1.807) is 9.13 Å². The summed E-state index contributed by atoms with van der Waals surface area (Å²) < 4.78 is 3.61. The number of aliphatic hydroxyl groups is 2. The van der Waals surface area contributed by atoms with Crippen molar-refractivity contribution in [1.29, 1.82) is 0 Å². The molecule has 0 saturated carbocycles. The van der Waals surface area contributed by atoms with Crippen LogP contribution in [0.5, 0.6) is 0 Å². The van der Waals surface area contributed by atoms with Crippen molar-refractivity contribution in [3.63, 3.8) is 0 Å². The Morgan fingerprint density at radius 1 is 1.12 bits per heavy atom. The zero-order chi connectivity index (χ0) is 17.9. The second-order valence-corrected chi connectivity index (χ2v) is 5.12. The van der Waals surface area contributed by atoms with Crippen LogP contribution in [0.2, 0.25) is 0 Å². The SMILES string of the molecule is CCC(N=Nc1cccc[n+]1CCO)=NN=c1ccccn1CCO.[Cl-]. The van der Waals surface area contributed by atoms with Crippen LogP contribution in [-0.4, -0.2) is 33.8 Å². The van der Waals surface area contributed by atoms with Crippen molar-refractivity contribution in [2.24, 2.45) is 20.4 Å². The molecule has 0 bridgehead atoms. The first-order chi connectivity index (χ1) is 12.3. The highest BCUT2D eigenvalue weighted by molar-refractivity contribution is 5.82. The van der Waals surface area contributed by atoms with Crippen molar-refractivity contribution in [3.8, 4) is 0 Å². The van der Waals surface area contributed by atoms with Crippen LogP contribution in [0.25, 0.3) is 0 Å². The first-order valence-corrected chi connectivity index (χ1v) is 8.16. The number of aliphatic hydroxyl groups excluding tert-OH is 2. The molecule has 2 aromatic heterocycles. The van der Waals surface area contributed by atoms with E-state index in [1.165, 1.54) is 0 Å². The van der Waals surface area contributed by atoms with Gasteiger partial charge in [-0.3, -0.25) is 0 Å². The zero-order valence-electron chi connectivity index (χ0n) is 14.6. The molecule has 2 heterocycles. The number of hydrogen-bond acceptors (Lipinski definition) is 5. The Labute approximate surface area is 158 Å². The third-order valence-corrected chi connectivity index (χ3v) is 3.37. The van der Waals surface area contributed by atoms with Gasteiger partial charge in [0, 0.05) is 25.2 Å². The maximum atomic E-state index is 9.10. The molecule has 0 spiro atoms. The fourth-order valence-corrected chi connectivity index (χ4v) is 2.09. The van der Waals surface area contributed by atoms with Crippen LogP contribution < -0.4 is 22.5 Å². The molecule has 0 atom stereocenters. The summed E-state index contributed by atoms with van der Waals surface area (Å²) in [6, 6.07) is 11.1. The lowest BCUT2D eigenvalue weighted by Crippen LogP contribution is -3.00. The van der Waals surface area contributed by atoms with Crippen molar-refractivity contribution in [1.82, 2.24) is 4.57 Å². The van der Waals surface area contributed by atoms with Gasteiger partial charge in [-0.2, -0.15) is 0 Å². The third-order valence-electron chi connectivity index (χ3n) is 3.37. The summed E-state index contributed by atoms with van der Waals surface area (Å²) in [5, 5.41) is 34.9. The van der Waals surface area contributed by atoms with Crippen LogP contribution in [0.3, 0.4) is 0 Å². The first-order valence-electron chi connectivity index (χ1n) is 8.16. The first kappa shape index (κ1) is 21.6. The maximum absolute atomic E-state index is 9.10. The van der Waals surface area contributed by atoms with Gasteiger partial charge in [0.15, 0.2) is 11.3 Å². The molecule has 0 aliphatic rings. The Kier molecular flexibility index (Phi) is 9.99. The molecule has 2 rings (SSSR count). The Bertz CT molecular complexity index is 804. The van der Waals surface area contributed by atoms with E-state index in [9.17, 15) is 0 Å². The van der Waals surface area contributed by atoms with Crippen LogP contribution in [0.4, 0.5) is 5.82 Å². The number of azo groups is 1. The molecular formula is C17H23ClN6O2. The molecular weight excluding hydrogens is 356 g/mol. The van der Waals surface area contributed by atoms with Crippen LogP contribution in [0.15, 0.2) is 69.2 Å². The summed E-state index contributed by atoms with van der Waals surface area (Å²) in [4.78, 5) is 0. The number of halogens is 1. The number of pyridine rings is 2. The lowest BCUT2D eigenvalue weighted by atomic mass is 10.4. The average molecular weight is 379 g/mol. The van der Waals surface area contributed by atoms with Gasteiger partial charge in [0.1, 0.15) is 6.54 Å². The fraction of sp³-hybridized carbons (Fsp3) is 0.353. The number of nitrogens with zero attached hydrogens (tertiary/aromatic N) is 6. The molecule has 8 nitrogen and oxygen atoms in total. The Morgan fingerprint density at radius 3 is 2.65 bits per heavy atom. The summed E-state index contributed by atoms with van der Waals surface area (Å²) in [6.45, 7) is 2.87. The predicted molar refractivity (Wildman–Crippen MR) is 93.0 cm³/mol. The van der Waals surface area contributed by atoms with Crippen LogP contribution in [0, 0.1) is 0 Å². The van der Waals surface area contributed by atoms with E-state index in [-0.39, 0.29) is 25.6 Å². The van der Waals surface area contributed by atoms with Crippen molar-refractivity contribution in [2.75, 3.05) is 13.2 Å². The topological polar surface area (TPSA) is 98.7 Å². The third kappa shape index (κ3) is 6.47. The molecule has 0 aliphatic heterocycles. The highest BCUT2D eigenvalue weighted by Gasteiger charge is 2.08. The highest BCUT2D eigenvalue weighted by atomic mass is 35.5.